The Labute approximate surface area is 166 Å². The number of alkyl halides is 1. The lowest BCUT2D eigenvalue weighted by atomic mass is 9.98. The SMILES string of the molecule is CN1[C@H]2CC[C@@H]1[C@H](F)[C@@H](Oc1ccc(-c3ccc(-n4ccnn4)cc3O)nn1)C2. The minimum atomic E-state index is -1.03. The Hall–Kier alpha value is -3.07. The molecular formula is C20H21FN6O2. The van der Waals surface area contributed by atoms with Gasteiger partial charge in [-0.15, -0.1) is 15.3 Å². The normalized spacial score (nSPS) is 26.6. The quantitative estimate of drug-likeness (QED) is 0.724. The highest BCUT2D eigenvalue weighted by atomic mass is 19.1. The van der Waals surface area contributed by atoms with Crippen LogP contribution in [0.15, 0.2) is 42.7 Å². The van der Waals surface area contributed by atoms with Crippen LogP contribution in [0, 0.1) is 0 Å². The highest BCUT2D eigenvalue weighted by Gasteiger charge is 2.47. The lowest BCUT2D eigenvalue weighted by Crippen LogP contribution is -2.52. The van der Waals surface area contributed by atoms with Crippen LogP contribution in [0.2, 0.25) is 0 Å². The Morgan fingerprint density at radius 2 is 2.07 bits per heavy atom. The second-order valence-electron chi connectivity index (χ2n) is 7.61. The van der Waals surface area contributed by atoms with E-state index < -0.39 is 12.3 Å². The van der Waals surface area contributed by atoms with Crippen molar-refractivity contribution in [3.8, 4) is 28.6 Å². The smallest absolute Gasteiger partial charge is 0.233 e. The molecule has 2 fully saturated rings. The van der Waals surface area contributed by atoms with Gasteiger partial charge in [0.05, 0.1) is 23.8 Å². The summed E-state index contributed by atoms with van der Waals surface area (Å²) in [4.78, 5) is 2.13. The van der Waals surface area contributed by atoms with Crippen LogP contribution in [-0.4, -0.2) is 66.6 Å². The van der Waals surface area contributed by atoms with Crippen LogP contribution in [0.3, 0.4) is 0 Å². The Balaban J connectivity index is 1.32. The zero-order valence-corrected chi connectivity index (χ0v) is 15.9. The number of phenols is 1. The molecular weight excluding hydrogens is 375 g/mol. The lowest BCUT2D eigenvalue weighted by molar-refractivity contribution is -0.0134. The van der Waals surface area contributed by atoms with Gasteiger partial charge in [-0.2, -0.15) is 0 Å². The molecule has 0 amide bonds. The largest absolute Gasteiger partial charge is 0.507 e. The topological polar surface area (TPSA) is 89.2 Å². The Morgan fingerprint density at radius 1 is 1.17 bits per heavy atom. The average molecular weight is 396 g/mol. The number of benzene rings is 1. The van der Waals surface area contributed by atoms with E-state index in [2.05, 4.69) is 25.4 Å². The molecule has 3 aromatic rings. The molecule has 1 N–H and O–H groups in total. The predicted octanol–water partition coefficient (Wildman–Crippen LogP) is 2.38. The fraction of sp³-hybridized carbons (Fsp3) is 0.400. The van der Waals surface area contributed by atoms with Crippen molar-refractivity contribution in [1.82, 2.24) is 30.1 Å². The molecule has 1 aromatic carbocycles. The van der Waals surface area contributed by atoms with Crippen molar-refractivity contribution in [1.29, 1.82) is 0 Å². The van der Waals surface area contributed by atoms with Crippen molar-refractivity contribution in [3.05, 3.63) is 42.7 Å². The third-order valence-corrected chi connectivity index (χ3v) is 5.98. The van der Waals surface area contributed by atoms with Crippen molar-refractivity contribution in [2.24, 2.45) is 0 Å². The number of hydrogen-bond acceptors (Lipinski definition) is 7. The van der Waals surface area contributed by atoms with E-state index in [9.17, 15) is 9.50 Å². The number of aromatic hydroxyl groups is 1. The fourth-order valence-electron chi connectivity index (χ4n) is 4.37. The number of halogens is 1. The molecule has 2 aliphatic heterocycles. The predicted molar refractivity (Wildman–Crippen MR) is 103 cm³/mol. The number of ether oxygens (including phenoxy) is 1. The summed E-state index contributed by atoms with van der Waals surface area (Å²) in [5.74, 6) is 0.348. The van der Waals surface area contributed by atoms with E-state index in [1.165, 1.54) is 0 Å². The highest BCUT2D eigenvalue weighted by molar-refractivity contribution is 5.68. The second kappa shape index (κ2) is 7.07. The zero-order chi connectivity index (χ0) is 20.0. The molecule has 0 unspecified atom stereocenters. The molecule has 0 spiro atoms. The van der Waals surface area contributed by atoms with Crippen LogP contribution in [0.25, 0.3) is 16.9 Å². The third kappa shape index (κ3) is 3.21. The number of nitrogens with zero attached hydrogens (tertiary/aromatic N) is 6. The fourth-order valence-corrected chi connectivity index (χ4v) is 4.37. The number of phenolic OH excluding ortho intramolecular Hbond substituents is 1. The third-order valence-electron chi connectivity index (χ3n) is 5.98. The van der Waals surface area contributed by atoms with Gasteiger partial charge >= 0.3 is 0 Å². The summed E-state index contributed by atoms with van der Waals surface area (Å²) in [6.07, 6.45) is 4.25. The van der Waals surface area contributed by atoms with Gasteiger partial charge in [0.1, 0.15) is 11.9 Å². The van der Waals surface area contributed by atoms with Gasteiger partial charge in [-0.05, 0) is 38.1 Å². The van der Waals surface area contributed by atoms with Gasteiger partial charge < -0.3 is 9.84 Å². The van der Waals surface area contributed by atoms with E-state index in [-0.39, 0.29) is 11.8 Å². The molecule has 5 rings (SSSR count). The molecule has 2 aromatic heterocycles. The molecule has 0 aliphatic carbocycles. The summed E-state index contributed by atoms with van der Waals surface area (Å²) in [5.41, 5.74) is 1.72. The van der Waals surface area contributed by atoms with Crippen molar-refractivity contribution in [3.63, 3.8) is 0 Å². The van der Waals surface area contributed by atoms with Crippen molar-refractivity contribution in [2.75, 3.05) is 7.05 Å². The van der Waals surface area contributed by atoms with Crippen LogP contribution in [0.5, 0.6) is 11.6 Å². The maximum absolute atomic E-state index is 14.8. The van der Waals surface area contributed by atoms with Crippen LogP contribution in [-0.2, 0) is 0 Å². The molecule has 150 valence electrons. The lowest BCUT2D eigenvalue weighted by Gasteiger charge is -2.38. The van der Waals surface area contributed by atoms with Gasteiger partial charge in [0, 0.05) is 36.2 Å². The summed E-state index contributed by atoms with van der Waals surface area (Å²) in [7, 11) is 1.99. The molecule has 9 heteroatoms. The summed E-state index contributed by atoms with van der Waals surface area (Å²) in [6.45, 7) is 0. The molecule has 0 saturated carbocycles. The van der Waals surface area contributed by atoms with Gasteiger partial charge in [-0.25, -0.2) is 9.07 Å². The van der Waals surface area contributed by atoms with Crippen molar-refractivity contribution >= 4 is 0 Å². The minimum absolute atomic E-state index is 0.0525. The first kappa shape index (κ1) is 18.0. The van der Waals surface area contributed by atoms with E-state index in [0.717, 1.165) is 12.8 Å². The highest BCUT2D eigenvalue weighted by Crippen LogP contribution is 2.37. The first-order valence-electron chi connectivity index (χ1n) is 9.66. The van der Waals surface area contributed by atoms with Gasteiger partial charge in [-0.3, -0.25) is 4.90 Å². The first-order valence-corrected chi connectivity index (χ1v) is 9.66. The molecule has 2 saturated heterocycles. The Bertz CT molecular complexity index is 997. The molecule has 0 radical (unpaired) electrons. The van der Waals surface area contributed by atoms with E-state index in [1.807, 2.05) is 7.05 Å². The van der Waals surface area contributed by atoms with E-state index in [0.29, 0.717) is 35.3 Å². The van der Waals surface area contributed by atoms with Crippen molar-refractivity contribution < 1.29 is 14.2 Å². The maximum Gasteiger partial charge on any atom is 0.233 e. The van der Waals surface area contributed by atoms with Gasteiger partial charge in [0.25, 0.3) is 0 Å². The second-order valence-corrected chi connectivity index (χ2v) is 7.61. The molecule has 8 nitrogen and oxygen atoms in total. The number of fused-ring (bicyclic) bond motifs is 2. The summed E-state index contributed by atoms with van der Waals surface area (Å²) in [5, 5.41) is 26.3. The maximum atomic E-state index is 14.8. The van der Waals surface area contributed by atoms with Gasteiger partial charge in [0.15, 0.2) is 6.17 Å². The van der Waals surface area contributed by atoms with Crippen LogP contribution >= 0.6 is 0 Å². The molecule has 2 aliphatic rings. The Kier molecular flexibility index (Phi) is 4.39. The zero-order valence-electron chi connectivity index (χ0n) is 15.9. The van der Waals surface area contributed by atoms with E-state index >= 15 is 0 Å². The first-order chi connectivity index (χ1) is 14.1. The monoisotopic (exact) mass is 396 g/mol. The molecule has 4 heterocycles. The summed E-state index contributed by atoms with van der Waals surface area (Å²) < 4.78 is 22.1. The number of piperidine rings is 1. The molecule has 29 heavy (non-hydrogen) atoms. The average Bonchev–Trinajstić information content (AvgIpc) is 3.35. The summed E-state index contributed by atoms with van der Waals surface area (Å²) in [6, 6.07) is 8.79. The molecule has 4 atom stereocenters. The van der Waals surface area contributed by atoms with E-state index in [1.54, 1.807) is 47.4 Å². The standard InChI is InChI=1S/C20H21FN6O2/c1-26-12-3-6-16(26)20(21)18(11-12)29-19-7-5-15(23-24-19)14-4-2-13(10-17(14)28)27-9-8-22-25-27/h2,4-5,7-10,12,16,18,20,28H,3,6,11H2,1H3/t12-,16+,18-,20-/m0/s1. The number of hydrogen-bond donors (Lipinski definition) is 1. The summed E-state index contributed by atoms with van der Waals surface area (Å²) >= 11 is 0. The van der Waals surface area contributed by atoms with Gasteiger partial charge in [0.2, 0.25) is 5.88 Å². The Morgan fingerprint density at radius 3 is 2.79 bits per heavy atom. The number of rotatable bonds is 4. The van der Waals surface area contributed by atoms with Gasteiger partial charge in [-0.1, -0.05) is 5.21 Å². The molecule has 2 bridgehead atoms. The van der Waals surface area contributed by atoms with Crippen LogP contribution < -0.4 is 4.74 Å². The minimum Gasteiger partial charge on any atom is -0.507 e. The number of aromatic nitrogens is 5. The van der Waals surface area contributed by atoms with Crippen LogP contribution in [0.1, 0.15) is 19.3 Å². The van der Waals surface area contributed by atoms with Crippen LogP contribution in [0.4, 0.5) is 4.39 Å². The van der Waals surface area contributed by atoms with Crippen molar-refractivity contribution in [2.45, 2.75) is 43.6 Å². The van der Waals surface area contributed by atoms with E-state index in [4.69, 9.17) is 4.74 Å².